The van der Waals surface area contributed by atoms with E-state index in [1.54, 1.807) is 0 Å². The highest BCUT2D eigenvalue weighted by atomic mass is 19.4. The summed E-state index contributed by atoms with van der Waals surface area (Å²) in [5.41, 5.74) is 2.51. The Morgan fingerprint density at radius 3 is 2.46 bits per heavy atom. The maximum absolute atomic E-state index is 12.1. The van der Waals surface area contributed by atoms with Crippen molar-refractivity contribution in [1.82, 2.24) is 9.97 Å². The third-order valence-corrected chi connectivity index (χ3v) is 1.29. The van der Waals surface area contributed by atoms with Crippen LogP contribution in [0.5, 0.6) is 0 Å². The summed E-state index contributed by atoms with van der Waals surface area (Å²) >= 11 is 0. The van der Waals surface area contributed by atoms with Gasteiger partial charge in [-0.05, 0) is 0 Å². The lowest BCUT2D eigenvalue weighted by atomic mass is 10.2. The van der Waals surface area contributed by atoms with Crippen molar-refractivity contribution in [3.05, 3.63) is 17.7 Å². The lowest BCUT2D eigenvalue weighted by Gasteiger charge is -2.08. The first kappa shape index (κ1) is 9.43. The Hall–Kier alpha value is -1.66. The Kier molecular flexibility index (Phi) is 2.18. The summed E-state index contributed by atoms with van der Waals surface area (Å²) in [5.74, 6) is 0. The molecule has 0 aliphatic carbocycles. The highest BCUT2D eigenvalue weighted by Gasteiger charge is 2.35. The van der Waals surface area contributed by atoms with E-state index in [4.69, 9.17) is 5.73 Å². The summed E-state index contributed by atoms with van der Waals surface area (Å²) in [6, 6.07) is 0. The van der Waals surface area contributed by atoms with Crippen LogP contribution in [-0.2, 0) is 6.18 Å². The molecule has 0 amide bonds. The number of hydrogen-bond acceptors (Lipinski definition) is 4. The van der Waals surface area contributed by atoms with Gasteiger partial charge in [-0.1, -0.05) is 0 Å². The van der Waals surface area contributed by atoms with Gasteiger partial charge in [0, 0.05) is 0 Å². The fourth-order valence-electron chi connectivity index (χ4n) is 0.729. The Bertz CT molecular complexity index is 336. The highest BCUT2D eigenvalue weighted by molar-refractivity contribution is 5.81. The maximum Gasteiger partial charge on any atom is 0.435 e. The minimum Gasteiger partial charge on any atom is -0.395 e. The molecule has 0 radical (unpaired) electrons. The molecule has 0 saturated carbocycles. The van der Waals surface area contributed by atoms with Crippen LogP contribution in [0.1, 0.15) is 16.2 Å². The van der Waals surface area contributed by atoms with Gasteiger partial charge in [0.05, 0.1) is 5.69 Å². The standard InChI is InChI=1S/C6H4F3N3O/c7-6(8,9)5-4(10)3(1-13)11-2-12-5/h1-2H,10H2. The summed E-state index contributed by atoms with van der Waals surface area (Å²) in [6.45, 7) is 0. The van der Waals surface area contributed by atoms with Gasteiger partial charge >= 0.3 is 6.18 Å². The van der Waals surface area contributed by atoms with Gasteiger partial charge in [-0.2, -0.15) is 13.2 Å². The number of hydrogen-bond donors (Lipinski definition) is 1. The third-order valence-electron chi connectivity index (χ3n) is 1.29. The monoisotopic (exact) mass is 191 g/mol. The summed E-state index contributed by atoms with van der Waals surface area (Å²) in [6.07, 6.45) is -3.88. The van der Waals surface area contributed by atoms with Gasteiger partial charge in [0.15, 0.2) is 12.0 Å². The largest absolute Gasteiger partial charge is 0.435 e. The molecule has 4 nitrogen and oxygen atoms in total. The first-order chi connectivity index (χ1) is 5.96. The molecule has 1 rings (SSSR count). The number of aromatic nitrogens is 2. The van der Waals surface area contributed by atoms with Gasteiger partial charge in [-0.3, -0.25) is 4.79 Å². The van der Waals surface area contributed by atoms with E-state index in [9.17, 15) is 18.0 Å². The van der Waals surface area contributed by atoms with Crippen molar-refractivity contribution >= 4 is 12.0 Å². The number of alkyl halides is 3. The lowest BCUT2D eigenvalue weighted by Crippen LogP contribution is -2.14. The minimum atomic E-state index is -4.66. The van der Waals surface area contributed by atoms with Gasteiger partial charge in [-0.15, -0.1) is 0 Å². The number of carbonyl (C=O) groups is 1. The van der Waals surface area contributed by atoms with Crippen LogP contribution in [0.3, 0.4) is 0 Å². The van der Waals surface area contributed by atoms with Crippen molar-refractivity contribution in [3.8, 4) is 0 Å². The van der Waals surface area contributed by atoms with Gasteiger partial charge in [-0.25, -0.2) is 9.97 Å². The van der Waals surface area contributed by atoms with Crippen LogP contribution in [0, 0.1) is 0 Å². The van der Waals surface area contributed by atoms with Crippen LogP contribution >= 0.6 is 0 Å². The number of nitrogens with zero attached hydrogens (tertiary/aromatic N) is 2. The van der Waals surface area contributed by atoms with E-state index in [1.807, 2.05) is 0 Å². The highest BCUT2D eigenvalue weighted by Crippen LogP contribution is 2.31. The van der Waals surface area contributed by atoms with Crippen LogP contribution in [0.4, 0.5) is 18.9 Å². The number of nitrogens with two attached hydrogens (primary N) is 1. The van der Waals surface area contributed by atoms with Crippen molar-refractivity contribution in [2.24, 2.45) is 0 Å². The van der Waals surface area contributed by atoms with E-state index in [0.29, 0.717) is 6.33 Å². The third kappa shape index (κ3) is 1.74. The number of nitrogen functional groups attached to an aromatic ring is 1. The van der Waals surface area contributed by atoms with E-state index >= 15 is 0 Å². The van der Waals surface area contributed by atoms with Crippen molar-refractivity contribution < 1.29 is 18.0 Å². The fraction of sp³-hybridized carbons (Fsp3) is 0.167. The Balaban J connectivity index is 3.32. The molecular formula is C6H4F3N3O. The lowest BCUT2D eigenvalue weighted by molar-refractivity contribution is -0.140. The van der Waals surface area contributed by atoms with E-state index in [0.717, 1.165) is 0 Å². The van der Waals surface area contributed by atoms with Crippen LogP contribution < -0.4 is 5.73 Å². The molecule has 1 heterocycles. The molecule has 70 valence electrons. The zero-order valence-electron chi connectivity index (χ0n) is 6.17. The fourth-order valence-corrected chi connectivity index (χ4v) is 0.729. The Morgan fingerprint density at radius 2 is 2.00 bits per heavy atom. The second kappa shape index (κ2) is 3.00. The molecule has 0 atom stereocenters. The molecule has 0 spiro atoms. The molecule has 1 aromatic heterocycles. The quantitative estimate of drug-likeness (QED) is 0.669. The Morgan fingerprint density at radius 1 is 1.38 bits per heavy atom. The van der Waals surface area contributed by atoms with Gasteiger partial charge in [0.2, 0.25) is 0 Å². The zero-order valence-corrected chi connectivity index (χ0v) is 6.17. The molecule has 0 saturated heterocycles. The molecule has 0 fully saturated rings. The number of halogens is 3. The second-order valence-corrected chi connectivity index (χ2v) is 2.14. The molecule has 0 aromatic carbocycles. The van der Waals surface area contributed by atoms with E-state index in [1.165, 1.54) is 0 Å². The van der Waals surface area contributed by atoms with E-state index < -0.39 is 23.3 Å². The van der Waals surface area contributed by atoms with Crippen molar-refractivity contribution in [1.29, 1.82) is 0 Å². The second-order valence-electron chi connectivity index (χ2n) is 2.14. The van der Waals surface area contributed by atoms with Gasteiger partial charge in [0.25, 0.3) is 0 Å². The molecular weight excluding hydrogens is 187 g/mol. The molecule has 0 bridgehead atoms. The summed E-state index contributed by atoms with van der Waals surface area (Å²) in [7, 11) is 0. The van der Waals surface area contributed by atoms with Crippen molar-refractivity contribution in [2.45, 2.75) is 6.18 Å². The molecule has 13 heavy (non-hydrogen) atoms. The SMILES string of the molecule is Nc1c(C=O)ncnc1C(F)(F)F. The molecule has 2 N–H and O–H groups in total. The van der Waals surface area contributed by atoms with Crippen molar-refractivity contribution in [3.63, 3.8) is 0 Å². The Labute approximate surface area is 70.6 Å². The molecule has 0 aliphatic heterocycles. The molecule has 0 unspecified atom stereocenters. The predicted octanol–water partition coefficient (Wildman–Crippen LogP) is 0.890. The minimum absolute atomic E-state index is 0.145. The zero-order chi connectivity index (χ0) is 10.1. The number of carbonyl (C=O) groups excluding carboxylic acids is 1. The predicted molar refractivity (Wildman–Crippen MR) is 36.8 cm³/mol. The summed E-state index contributed by atoms with van der Waals surface area (Å²) in [5, 5.41) is 0. The van der Waals surface area contributed by atoms with Crippen molar-refractivity contribution in [2.75, 3.05) is 5.73 Å². The number of anilines is 1. The topological polar surface area (TPSA) is 68.9 Å². The number of aldehydes is 1. The van der Waals surface area contributed by atoms with Crippen LogP contribution in [0.25, 0.3) is 0 Å². The maximum atomic E-state index is 12.1. The molecule has 7 heteroatoms. The summed E-state index contributed by atoms with van der Waals surface area (Å²) < 4.78 is 36.2. The van der Waals surface area contributed by atoms with Gasteiger partial charge in [0.1, 0.15) is 12.0 Å². The van der Waals surface area contributed by atoms with Crippen LogP contribution in [-0.4, -0.2) is 16.3 Å². The first-order valence-corrected chi connectivity index (χ1v) is 3.09. The number of rotatable bonds is 1. The van der Waals surface area contributed by atoms with E-state index in [-0.39, 0.29) is 6.29 Å². The average Bonchev–Trinajstić information content (AvgIpc) is 2.02. The van der Waals surface area contributed by atoms with Crippen LogP contribution in [0.2, 0.25) is 0 Å². The molecule has 1 aromatic rings. The molecule has 0 aliphatic rings. The first-order valence-electron chi connectivity index (χ1n) is 3.09. The van der Waals surface area contributed by atoms with Gasteiger partial charge < -0.3 is 5.73 Å². The average molecular weight is 191 g/mol. The van der Waals surface area contributed by atoms with E-state index in [2.05, 4.69) is 9.97 Å². The van der Waals surface area contributed by atoms with Crippen LogP contribution in [0.15, 0.2) is 6.33 Å². The normalized spacial score (nSPS) is 11.3. The summed E-state index contributed by atoms with van der Waals surface area (Å²) in [4.78, 5) is 16.4. The smallest absolute Gasteiger partial charge is 0.395 e.